The van der Waals surface area contributed by atoms with Crippen LogP contribution in [0.15, 0.2) is 65.8 Å². The molecule has 0 saturated heterocycles. The molecule has 1 heterocycles. The first-order valence-electron chi connectivity index (χ1n) is 9.29. The fourth-order valence-electron chi connectivity index (χ4n) is 3.18. The zero-order valence-electron chi connectivity index (χ0n) is 15.9. The molecule has 6 nitrogen and oxygen atoms in total. The van der Waals surface area contributed by atoms with E-state index in [1.807, 2.05) is 25.1 Å². The molecule has 0 radical (unpaired) electrons. The van der Waals surface area contributed by atoms with Crippen LogP contribution in [0.2, 0.25) is 0 Å². The SMILES string of the molecule is CCOc1cc(/C=N/n2c(Cc3cccc4ccccc34)n[nH]c2=S)ccc1O. The van der Waals surface area contributed by atoms with Crippen molar-refractivity contribution in [3.8, 4) is 11.5 Å². The van der Waals surface area contributed by atoms with Crippen LogP contribution in [0, 0.1) is 4.77 Å². The molecular formula is C22H20N4O2S. The number of hydrogen-bond donors (Lipinski definition) is 2. The van der Waals surface area contributed by atoms with Crippen molar-refractivity contribution < 1.29 is 9.84 Å². The number of ether oxygens (including phenoxy) is 1. The Morgan fingerprint density at radius 2 is 2.00 bits per heavy atom. The van der Waals surface area contributed by atoms with Crippen LogP contribution < -0.4 is 4.74 Å². The summed E-state index contributed by atoms with van der Waals surface area (Å²) in [7, 11) is 0. The molecule has 0 unspecified atom stereocenters. The number of benzene rings is 3. The molecule has 0 atom stereocenters. The van der Waals surface area contributed by atoms with E-state index in [2.05, 4.69) is 39.6 Å². The van der Waals surface area contributed by atoms with Crippen molar-refractivity contribution in [2.45, 2.75) is 13.3 Å². The maximum atomic E-state index is 9.85. The van der Waals surface area contributed by atoms with Crippen molar-refractivity contribution in [2.24, 2.45) is 5.10 Å². The van der Waals surface area contributed by atoms with Gasteiger partial charge in [-0.3, -0.25) is 5.10 Å². The van der Waals surface area contributed by atoms with E-state index in [1.165, 1.54) is 10.8 Å². The average molecular weight is 404 g/mol. The van der Waals surface area contributed by atoms with E-state index in [1.54, 1.807) is 29.1 Å². The number of rotatable bonds is 6. The van der Waals surface area contributed by atoms with Crippen LogP contribution >= 0.6 is 12.2 Å². The third-order valence-corrected chi connectivity index (χ3v) is 4.82. The highest BCUT2D eigenvalue weighted by atomic mass is 32.1. The van der Waals surface area contributed by atoms with E-state index in [-0.39, 0.29) is 5.75 Å². The summed E-state index contributed by atoms with van der Waals surface area (Å²) < 4.78 is 7.46. The maximum Gasteiger partial charge on any atom is 0.216 e. The van der Waals surface area contributed by atoms with Gasteiger partial charge in [0.05, 0.1) is 12.8 Å². The summed E-state index contributed by atoms with van der Waals surface area (Å²) in [5.74, 6) is 1.23. The lowest BCUT2D eigenvalue weighted by Crippen LogP contribution is -2.01. The molecule has 0 bridgehead atoms. The number of phenols is 1. The fourth-order valence-corrected chi connectivity index (χ4v) is 3.38. The molecule has 0 saturated carbocycles. The van der Waals surface area contributed by atoms with Crippen molar-refractivity contribution in [3.63, 3.8) is 0 Å². The Hall–Kier alpha value is -3.45. The molecule has 2 N–H and O–H groups in total. The zero-order chi connectivity index (χ0) is 20.2. The first-order chi connectivity index (χ1) is 14.2. The molecule has 0 spiro atoms. The Morgan fingerprint density at radius 1 is 1.17 bits per heavy atom. The second-order valence-electron chi connectivity index (χ2n) is 6.48. The molecule has 0 fully saturated rings. The Morgan fingerprint density at radius 3 is 2.86 bits per heavy atom. The van der Waals surface area contributed by atoms with Gasteiger partial charge >= 0.3 is 0 Å². The number of aromatic nitrogens is 3. The minimum absolute atomic E-state index is 0.0977. The molecule has 0 aliphatic carbocycles. The van der Waals surface area contributed by atoms with Crippen molar-refractivity contribution >= 4 is 29.2 Å². The number of aromatic hydroxyl groups is 1. The van der Waals surface area contributed by atoms with Gasteiger partial charge in [-0.25, -0.2) is 0 Å². The summed E-state index contributed by atoms with van der Waals surface area (Å²) in [6, 6.07) is 19.5. The van der Waals surface area contributed by atoms with Crippen molar-refractivity contribution in [1.82, 2.24) is 14.9 Å². The second-order valence-corrected chi connectivity index (χ2v) is 6.86. The quantitative estimate of drug-likeness (QED) is 0.362. The number of aromatic amines is 1. The highest BCUT2D eigenvalue weighted by molar-refractivity contribution is 7.71. The molecule has 7 heteroatoms. The molecule has 1 aromatic heterocycles. The minimum Gasteiger partial charge on any atom is -0.504 e. The zero-order valence-corrected chi connectivity index (χ0v) is 16.7. The summed E-state index contributed by atoms with van der Waals surface area (Å²) in [5, 5.41) is 23.9. The average Bonchev–Trinajstić information content (AvgIpc) is 3.08. The van der Waals surface area contributed by atoms with Gasteiger partial charge in [0, 0.05) is 6.42 Å². The molecule has 4 aromatic rings. The summed E-state index contributed by atoms with van der Waals surface area (Å²) in [5.41, 5.74) is 1.93. The van der Waals surface area contributed by atoms with E-state index in [0.717, 1.165) is 11.1 Å². The lowest BCUT2D eigenvalue weighted by Gasteiger charge is -2.07. The number of phenolic OH excluding ortho intramolecular Hbond substituents is 1. The standard InChI is InChI=1S/C22H20N4O2S/c1-2-28-20-12-15(10-11-19(20)27)14-23-26-21(24-25-22(26)29)13-17-8-5-7-16-6-3-4-9-18(16)17/h3-12,14,27H,2,13H2,1H3,(H,25,29)/b23-14+. The Kier molecular flexibility index (Phi) is 5.39. The number of nitrogens with one attached hydrogen (secondary N) is 1. The summed E-state index contributed by atoms with van der Waals surface area (Å²) in [4.78, 5) is 0. The van der Waals surface area contributed by atoms with Crippen LogP contribution in [0.4, 0.5) is 0 Å². The highest BCUT2D eigenvalue weighted by Gasteiger charge is 2.09. The van der Waals surface area contributed by atoms with E-state index in [9.17, 15) is 5.11 Å². The molecule has 0 amide bonds. The Bertz CT molecular complexity index is 1240. The highest BCUT2D eigenvalue weighted by Crippen LogP contribution is 2.26. The molecular weight excluding hydrogens is 384 g/mol. The van der Waals surface area contributed by atoms with Crippen LogP contribution in [0.5, 0.6) is 11.5 Å². The first kappa shape index (κ1) is 18.9. The second kappa shape index (κ2) is 8.28. The van der Waals surface area contributed by atoms with Crippen LogP contribution in [-0.4, -0.2) is 32.8 Å². The van der Waals surface area contributed by atoms with Gasteiger partial charge in [-0.1, -0.05) is 42.5 Å². The lowest BCUT2D eigenvalue weighted by molar-refractivity contribution is 0.318. The fraction of sp³-hybridized carbons (Fsp3) is 0.136. The van der Waals surface area contributed by atoms with Gasteiger partial charge in [0.15, 0.2) is 17.3 Å². The van der Waals surface area contributed by atoms with Gasteiger partial charge in [-0.15, -0.1) is 0 Å². The molecule has 4 rings (SSSR count). The normalized spacial score (nSPS) is 11.3. The van der Waals surface area contributed by atoms with Gasteiger partial charge in [0.25, 0.3) is 0 Å². The first-order valence-corrected chi connectivity index (χ1v) is 9.69. The smallest absolute Gasteiger partial charge is 0.216 e. The van der Waals surface area contributed by atoms with Gasteiger partial charge in [-0.2, -0.15) is 14.9 Å². The van der Waals surface area contributed by atoms with Crippen LogP contribution in [-0.2, 0) is 6.42 Å². The van der Waals surface area contributed by atoms with Gasteiger partial charge in [-0.05, 0) is 59.2 Å². The molecule has 0 aliphatic rings. The molecule has 146 valence electrons. The third-order valence-electron chi connectivity index (χ3n) is 4.55. The van der Waals surface area contributed by atoms with Gasteiger partial charge < -0.3 is 9.84 Å². The largest absolute Gasteiger partial charge is 0.504 e. The topological polar surface area (TPSA) is 75.4 Å². The molecule has 3 aromatic carbocycles. The molecule has 29 heavy (non-hydrogen) atoms. The molecule has 0 aliphatic heterocycles. The maximum absolute atomic E-state index is 9.85. The predicted octanol–water partition coefficient (Wildman–Crippen LogP) is 4.67. The summed E-state index contributed by atoms with van der Waals surface area (Å²) in [6.45, 7) is 2.33. The lowest BCUT2D eigenvalue weighted by atomic mass is 10.0. The monoisotopic (exact) mass is 404 g/mol. The van der Waals surface area contributed by atoms with Crippen molar-refractivity contribution in [1.29, 1.82) is 0 Å². The number of nitrogens with zero attached hydrogens (tertiary/aromatic N) is 3. The van der Waals surface area contributed by atoms with E-state index in [4.69, 9.17) is 17.0 Å². The van der Waals surface area contributed by atoms with E-state index >= 15 is 0 Å². The van der Waals surface area contributed by atoms with Crippen LogP contribution in [0.3, 0.4) is 0 Å². The van der Waals surface area contributed by atoms with Crippen LogP contribution in [0.25, 0.3) is 10.8 Å². The Labute approximate surface area is 173 Å². The van der Waals surface area contributed by atoms with Gasteiger partial charge in [0.2, 0.25) is 4.77 Å². The minimum atomic E-state index is 0.0977. The number of fused-ring (bicyclic) bond motifs is 1. The van der Waals surface area contributed by atoms with Crippen molar-refractivity contribution in [2.75, 3.05) is 6.61 Å². The van der Waals surface area contributed by atoms with E-state index in [0.29, 0.717) is 29.4 Å². The summed E-state index contributed by atoms with van der Waals surface area (Å²) >= 11 is 5.35. The number of H-pyrrole nitrogens is 1. The summed E-state index contributed by atoms with van der Waals surface area (Å²) in [6.07, 6.45) is 2.26. The van der Waals surface area contributed by atoms with Gasteiger partial charge in [0.1, 0.15) is 0 Å². The third kappa shape index (κ3) is 4.05. The van der Waals surface area contributed by atoms with E-state index < -0.39 is 0 Å². The number of hydrogen-bond acceptors (Lipinski definition) is 5. The van der Waals surface area contributed by atoms with Crippen molar-refractivity contribution in [3.05, 3.63) is 82.4 Å². The Balaban J connectivity index is 1.65. The van der Waals surface area contributed by atoms with Crippen LogP contribution in [0.1, 0.15) is 23.9 Å². The predicted molar refractivity (Wildman–Crippen MR) is 116 cm³/mol.